The lowest BCUT2D eigenvalue weighted by molar-refractivity contribution is 0.0489. The zero-order valence-corrected chi connectivity index (χ0v) is 21.1. The zero-order valence-electron chi connectivity index (χ0n) is 21.1. The molecular formula is C27H31FN6O3. The van der Waals surface area contributed by atoms with Crippen LogP contribution in [0.3, 0.4) is 0 Å². The quantitative estimate of drug-likeness (QED) is 0.349. The van der Waals surface area contributed by atoms with E-state index in [9.17, 15) is 9.18 Å². The van der Waals surface area contributed by atoms with Gasteiger partial charge in [0.25, 0.3) is 5.56 Å². The second-order valence-electron chi connectivity index (χ2n) is 9.39. The molecule has 0 unspecified atom stereocenters. The van der Waals surface area contributed by atoms with Crippen LogP contribution >= 0.6 is 0 Å². The van der Waals surface area contributed by atoms with Crippen LogP contribution in [0.2, 0.25) is 0 Å². The first-order valence-electron chi connectivity index (χ1n) is 12.6. The molecule has 2 aromatic carbocycles. The minimum atomic E-state index is -0.284. The Labute approximate surface area is 214 Å². The summed E-state index contributed by atoms with van der Waals surface area (Å²) in [5.41, 5.74) is 2.18. The van der Waals surface area contributed by atoms with Crippen molar-refractivity contribution in [3.8, 4) is 5.75 Å². The fourth-order valence-electron chi connectivity index (χ4n) is 4.97. The summed E-state index contributed by atoms with van der Waals surface area (Å²) in [5, 5.41) is 13.5. The smallest absolute Gasteiger partial charge is 0.252 e. The fourth-order valence-corrected chi connectivity index (χ4v) is 4.97. The number of hydrogen-bond donors (Lipinski definition) is 1. The Hall–Kier alpha value is -3.63. The zero-order chi connectivity index (χ0) is 25.8. The average molecular weight is 507 g/mol. The van der Waals surface area contributed by atoms with Crippen LogP contribution in [-0.2, 0) is 17.8 Å². The molecule has 0 spiro atoms. The van der Waals surface area contributed by atoms with Crippen molar-refractivity contribution in [1.29, 1.82) is 0 Å². The summed E-state index contributed by atoms with van der Waals surface area (Å²) in [4.78, 5) is 18.3. The molecule has 1 aliphatic rings. The van der Waals surface area contributed by atoms with E-state index in [1.54, 1.807) is 23.9 Å². The monoisotopic (exact) mass is 506 g/mol. The maximum atomic E-state index is 13.4. The summed E-state index contributed by atoms with van der Waals surface area (Å²) >= 11 is 0. The van der Waals surface area contributed by atoms with E-state index in [1.807, 2.05) is 24.3 Å². The van der Waals surface area contributed by atoms with Crippen LogP contribution in [-0.4, -0.2) is 56.5 Å². The van der Waals surface area contributed by atoms with Crippen LogP contribution in [0.5, 0.6) is 5.75 Å². The van der Waals surface area contributed by atoms with Crippen molar-refractivity contribution >= 4 is 10.9 Å². The molecule has 5 rings (SSSR count). The molecule has 9 nitrogen and oxygen atoms in total. The van der Waals surface area contributed by atoms with Gasteiger partial charge in [-0.1, -0.05) is 19.1 Å². The topological polar surface area (TPSA) is 98.2 Å². The van der Waals surface area contributed by atoms with E-state index in [4.69, 9.17) is 9.47 Å². The van der Waals surface area contributed by atoms with E-state index in [-0.39, 0.29) is 23.5 Å². The van der Waals surface area contributed by atoms with Gasteiger partial charge in [-0.2, -0.15) is 0 Å². The van der Waals surface area contributed by atoms with Crippen molar-refractivity contribution in [2.24, 2.45) is 0 Å². The second-order valence-corrected chi connectivity index (χ2v) is 9.39. The maximum absolute atomic E-state index is 13.4. The summed E-state index contributed by atoms with van der Waals surface area (Å²) < 4.78 is 26.5. The molecule has 1 fully saturated rings. The molecule has 10 heteroatoms. The van der Waals surface area contributed by atoms with Gasteiger partial charge in [0, 0.05) is 36.2 Å². The Morgan fingerprint density at radius 1 is 1.24 bits per heavy atom. The number of tetrazole rings is 1. The third kappa shape index (κ3) is 5.70. The van der Waals surface area contributed by atoms with E-state index >= 15 is 0 Å². The summed E-state index contributed by atoms with van der Waals surface area (Å²) in [6.07, 6.45) is 2.80. The van der Waals surface area contributed by atoms with E-state index in [0.29, 0.717) is 31.0 Å². The first kappa shape index (κ1) is 25.0. The molecule has 1 aliphatic heterocycles. The molecule has 0 saturated carbocycles. The molecule has 1 N–H and O–H groups in total. The minimum absolute atomic E-state index is 0.0788. The van der Waals surface area contributed by atoms with Crippen molar-refractivity contribution in [3.05, 3.63) is 81.7 Å². The maximum Gasteiger partial charge on any atom is 0.252 e. The van der Waals surface area contributed by atoms with E-state index in [2.05, 4.69) is 32.3 Å². The number of nitrogens with one attached hydrogen (secondary N) is 1. The number of nitrogens with zero attached hydrogens (tertiary/aromatic N) is 5. The summed E-state index contributed by atoms with van der Waals surface area (Å²) in [5.74, 6) is 1.14. The Bertz CT molecular complexity index is 1400. The molecular weight excluding hydrogens is 475 g/mol. The highest BCUT2D eigenvalue weighted by Gasteiger charge is 2.29. The van der Waals surface area contributed by atoms with Gasteiger partial charge >= 0.3 is 0 Å². The van der Waals surface area contributed by atoms with Gasteiger partial charge in [-0.3, -0.25) is 9.69 Å². The molecule has 1 saturated heterocycles. The summed E-state index contributed by atoms with van der Waals surface area (Å²) in [6.45, 7) is 4.30. The van der Waals surface area contributed by atoms with Crippen LogP contribution in [0.4, 0.5) is 4.39 Å². The number of halogens is 1. The highest BCUT2D eigenvalue weighted by molar-refractivity contribution is 5.80. The molecule has 2 aromatic heterocycles. The molecule has 0 aliphatic carbocycles. The van der Waals surface area contributed by atoms with Gasteiger partial charge in [0.2, 0.25) is 0 Å². The number of H-pyrrole nitrogens is 1. The van der Waals surface area contributed by atoms with Crippen molar-refractivity contribution < 1.29 is 13.9 Å². The highest BCUT2D eigenvalue weighted by Crippen LogP contribution is 2.27. The van der Waals surface area contributed by atoms with Gasteiger partial charge in [0.1, 0.15) is 11.6 Å². The van der Waals surface area contributed by atoms with Gasteiger partial charge in [0.15, 0.2) is 5.82 Å². The molecule has 2 atom stereocenters. The van der Waals surface area contributed by atoms with E-state index in [0.717, 1.165) is 48.1 Å². The number of hydrogen-bond acceptors (Lipinski definition) is 7. The number of pyridine rings is 1. The first-order chi connectivity index (χ1) is 18.0. The van der Waals surface area contributed by atoms with Crippen molar-refractivity contribution in [2.45, 2.75) is 51.4 Å². The number of methoxy groups -OCH3 is 1. The Kier molecular flexibility index (Phi) is 7.57. The largest absolute Gasteiger partial charge is 0.497 e. The summed E-state index contributed by atoms with van der Waals surface area (Å²) in [7, 11) is 1.62. The first-order valence-corrected chi connectivity index (χ1v) is 12.6. The van der Waals surface area contributed by atoms with Gasteiger partial charge in [-0.25, -0.2) is 9.07 Å². The van der Waals surface area contributed by atoms with Gasteiger partial charge in [0.05, 0.1) is 25.8 Å². The predicted molar refractivity (Wildman–Crippen MR) is 137 cm³/mol. The third-order valence-electron chi connectivity index (χ3n) is 6.89. The number of aromatic nitrogens is 5. The van der Waals surface area contributed by atoms with E-state index in [1.165, 1.54) is 12.1 Å². The minimum Gasteiger partial charge on any atom is -0.497 e. The Morgan fingerprint density at radius 2 is 2.08 bits per heavy atom. The molecule has 3 heterocycles. The van der Waals surface area contributed by atoms with Crippen LogP contribution in [0.15, 0.2) is 53.3 Å². The molecule has 4 aromatic rings. The molecule has 37 heavy (non-hydrogen) atoms. The van der Waals surface area contributed by atoms with Crippen LogP contribution < -0.4 is 10.3 Å². The summed E-state index contributed by atoms with van der Waals surface area (Å²) in [6, 6.07) is 13.7. The lowest BCUT2D eigenvalue weighted by Crippen LogP contribution is -2.37. The second kappa shape index (κ2) is 11.2. The Morgan fingerprint density at radius 3 is 2.81 bits per heavy atom. The van der Waals surface area contributed by atoms with Crippen molar-refractivity contribution in [2.75, 3.05) is 20.3 Å². The normalized spacial score (nSPS) is 16.5. The number of aromatic amines is 1. The molecule has 0 amide bonds. The van der Waals surface area contributed by atoms with Crippen molar-refractivity contribution in [1.82, 2.24) is 30.1 Å². The lowest BCUT2D eigenvalue weighted by atomic mass is 10.1. The van der Waals surface area contributed by atoms with Crippen LogP contribution in [0.25, 0.3) is 10.9 Å². The lowest BCUT2D eigenvalue weighted by Gasteiger charge is -2.32. The number of fused-ring (bicyclic) bond motifs is 1. The highest BCUT2D eigenvalue weighted by atomic mass is 19.1. The average Bonchev–Trinajstić information content (AvgIpc) is 3.58. The fraction of sp³-hybridized carbons (Fsp3) is 0.407. The predicted octanol–water partition coefficient (Wildman–Crippen LogP) is 3.84. The SMILES string of the molecule is CC[C@@H](c1nnnn1Cc1ccc(F)cc1)N(Cc1cc2cc(OC)ccc2[nH]c1=O)C[C@H]1CCCO1. The number of benzene rings is 2. The van der Waals surface area contributed by atoms with Gasteiger partial charge < -0.3 is 14.5 Å². The van der Waals surface area contributed by atoms with Gasteiger partial charge in [-0.15, -0.1) is 5.10 Å². The number of rotatable bonds is 10. The van der Waals surface area contributed by atoms with Gasteiger partial charge in [-0.05, 0) is 71.7 Å². The van der Waals surface area contributed by atoms with E-state index < -0.39 is 0 Å². The van der Waals surface area contributed by atoms with Crippen molar-refractivity contribution in [3.63, 3.8) is 0 Å². The van der Waals surface area contributed by atoms with Crippen LogP contribution in [0, 0.1) is 5.82 Å². The molecule has 194 valence electrons. The van der Waals surface area contributed by atoms with Crippen LogP contribution in [0.1, 0.15) is 49.2 Å². The standard InChI is InChI=1S/C27H31FN6O3/c1-3-25(26-30-31-32-34(26)15-18-6-8-21(28)9-7-18)33(17-23-5-4-12-37-23)16-20-13-19-14-22(36-2)10-11-24(19)29-27(20)35/h6-11,13-14,23,25H,3-5,12,15-17H2,1-2H3,(H,29,35)/t23-,25+/m1/s1. The third-order valence-corrected chi connectivity index (χ3v) is 6.89. The Balaban J connectivity index is 1.47. The molecule has 0 bridgehead atoms. The number of ether oxygens (including phenoxy) is 2. The molecule has 0 radical (unpaired) electrons.